The first-order valence-corrected chi connectivity index (χ1v) is 5.73. The number of nitrogens with two attached hydrogens (primary N) is 1. The van der Waals surface area contributed by atoms with E-state index < -0.39 is 0 Å². The van der Waals surface area contributed by atoms with E-state index >= 15 is 0 Å². The van der Waals surface area contributed by atoms with Crippen molar-refractivity contribution >= 4 is 5.91 Å². The van der Waals surface area contributed by atoms with Crippen molar-refractivity contribution in [3.8, 4) is 0 Å². The molecule has 4 nitrogen and oxygen atoms in total. The third-order valence-electron chi connectivity index (χ3n) is 3.28. The number of carbonyl (C=O) groups is 1. The second-order valence-corrected chi connectivity index (χ2v) is 4.37. The van der Waals surface area contributed by atoms with Gasteiger partial charge in [0, 0.05) is 19.2 Å². The van der Waals surface area contributed by atoms with Crippen molar-refractivity contribution < 1.29 is 9.53 Å². The van der Waals surface area contributed by atoms with E-state index in [1.165, 1.54) is 0 Å². The minimum atomic E-state index is -0.369. The van der Waals surface area contributed by atoms with Crippen LogP contribution in [0.3, 0.4) is 0 Å². The van der Waals surface area contributed by atoms with Gasteiger partial charge in [0.05, 0.1) is 12.0 Å². The summed E-state index contributed by atoms with van der Waals surface area (Å²) in [5.74, 6) is 0.0761. The van der Waals surface area contributed by atoms with Crippen LogP contribution in [-0.2, 0) is 9.53 Å². The van der Waals surface area contributed by atoms with E-state index in [2.05, 4.69) is 5.32 Å². The molecule has 0 saturated heterocycles. The Morgan fingerprint density at radius 2 is 2.40 bits per heavy atom. The highest BCUT2D eigenvalue weighted by Gasteiger charge is 2.42. The summed E-state index contributed by atoms with van der Waals surface area (Å²) in [4.78, 5) is 11.9. The summed E-state index contributed by atoms with van der Waals surface area (Å²) in [6.45, 7) is 5.74. The van der Waals surface area contributed by atoms with Gasteiger partial charge in [0.25, 0.3) is 0 Å². The highest BCUT2D eigenvalue weighted by molar-refractivity contribution is 5.83. The Morgan fingerprint density at radius 1 is 1.67 bits per heavy atom. The van der Waals surface area contributed by atoms with Crippen LogP contribution in [0.25, 0.3) is 0 Å². The maximum Gasteiger partial charge on any atom is 0.227 e. The minimum Gasteiger partial charge on any atom is -0.380 e. The smallest absolute Gasteiger partial charge is 0.227 e. The minimum absolute atomic E-state index is 0.00425. The fourth-order valence-corrected chi connectivity index (χ4v) is 2.06. The molecule has 1 aliphatic rings. The number of carbonyl (C=O) groups excluding carboxylic acids is 1. The monoisotopic (exact) mass is 214 g/mol. The fourth-order valence-electron chi connectivity index (χ4n) is 2.06. The van der Waals surface area contributed by atoms with E-state index in [-0.39, 0.29) is 17.4 Å². The van der Waals surface area contributed by atoms with Crippen molar-refractivity contribution in [1.29, 1.82) is 0 Å². The number of amides is 1. The Hall–Kier alpha value is -0.610. The van der Waals surface area contributed by atoms with Gasteiger partial charge < -0.3 is 15.8 Å². The average Bonchev–Trinajstić information content (AvgIpc) is 2.55. The molecule has 1 amide bonds. The van der Waals surface area contributed by atoms with Crippen molar-refractivity contribution in [2.45, 2.75) is 39.2 Å². The van der Waals surface area contributed by atoms with Gasteiger partial charge in [-0.05, 0) is 26.7 Å². The van der Waals surface area contributed by atoms with Gasteiger partial charge >= 0.3 is 0 Å². The van der Waals surface area contributed by atoms with E-state index in [1.807, 2.05) is 13.8 Å². The van der Waals surface area contributed by atoms with Crippen LogP contribution in [0.5, 0.6) is 0 Å². The number of rotatable bonds is 5. The highest BCUT2D eigenvalue weighted by atomic mass is 16.5. The third kappa shape index (κ3) is 2.92. The highest BCUT2D eigenvalue weighted by Crippen LogP contribution is 2.36. The molecule has 0 radical (unpaired) electrons. The summed E-state index contributed by atoms with van der Waals surface area (Å²) in [5, 5.41) is 2.89. The molecule has 2 atom stereocenters. The standard InChI is InChI=1S/C11H22N2O2/c1-3-15-8-7-13-10(14)11(2)6-4-5-9(11)12/h9H,3-8,12H2,1-2H3,(H,13,14). The summed E-state index contributed by atoms with van der Waals surface area (Å²) in [6.07, 6.45) is 2.90. The summed E-state index contributed by atoms with van der Waals surface area (Å²) < 4.78 is 5.16. The molecule has 0 aromatic heterocycles. The number of hydrogen-bond donors (Lipinski definition) is 2. The molecule has 1 saturated carbocycles. The Balaban J connectivity index is 2.32. The molecule has 15 heavy (non-hydrogen) atoms. The van der Waals surface area contributed by atoms with Gasteiger partial charge in [-0.2, -0.15) is 0 Å². The maximum atomic E-state index is 11.9. The van der Waals surface area contributed by atoms with Gasteiger partial charge in [0.15, 0.2) is 0 Å². The zero-order valence-corrected chi connectivity index (χ0v) is 9.71. The van der Waals surface area contributed by atoms with Gasteiger partial charge in [0.1, 0.15) is 0 Å². The second kappa shape index (κ2) is 5.47. The summed E-state index contributed by atoms with van der Waals surface area (Å²) >= 11 is 0. The lowest BCUT2D eigenvalue weighted by Crippen LogP contribution is -2.48. The molecule has 3 N–H and O–H groups in total. The number of nitrogens with one attached hydrogen (secondary N) is 1. The molecule has 88 valence electrons. The van der Waals surface area contributed by atoms with Gasteiger partial charge in [-0.25, -0.2) is 0 Å². The molecule has 0 aliphatic heterocycles. The van der Waals surface area contributed by atoms with Crippen LogP contribution in [0.15, 0.2) is 0 Å². The van der Waals surface area contributed by atoms with Crippen molar-refractivity contribution in [3.63, 3.8) is 0 Å². The van der Waals surface area contributed by atoms with Crippen molar-refractivity contribution in [3.05, 3.63) is 0 Å². The Kier molecular flexibility index (Phi) is 4.54. The van der Waals surface area contributed by atoms with E-state index in [0.717, 1.165) is 19.3 Å². The van der Waals surface area contributed by atoms with Gasteiger partial charge in [0.2, 0.25) is 5.91 Å². The summed E-state index contributed by atoms with van der Waals surface area (Å²) in [7, 11) is 0. The molecule has 0 aromatic rings. The van der Waals surface area contributed by atoms with Gasteiger partial charge in [-0.1, -0.05) is 6.42 Å². The lowest BCUT2D eigenvalue weighted by molar-refractivity contribution is -0.130. The third-order valence-corrected chi connectivity index (χ3v) is 3.28. The topological polar surface area (TPSA) is 64.3 Å². The molecule has 0 aromatic carbocycles. The number of hydrogen-bond acceptors (Lipinski definition) is 3. The Bertz CT molecular complexity index is 221. The summed E-state index contributed by atoms with van der Waals surface area (Å²) in [5.41, 5.74) is 5.58. The van der Waals surface area contributed by atoms with Crippen LogP contribution in [-0.4, -0.2) is 31.7 Å². The van der Waals surface area contributed by atoms with Crippen molar-refractivity contribution in [2.75, 3.05) is 19.8 Å². The first-order valence-electron chi connectivity index (χ1n) is 5.73. The molecule has 2 unspecified atom stereocenters. The zero-order valence-electron chi connectivity index (χ0n) is 9.71. The molecular weight excluding hydrogens is 192 g/mol. The largest absolute Gasteiger partial charge is 0.380 e. The van der Waals surface area contributed by atoms with Crippen molar-refractivity contribution in [1.82, 2.24) is 5.32 Å². The van der Waals surface area contributed by atoms with Crippen LogP contribution in [0.2, 0.25) is 0 Å². The van der Waals surface area contributed by atoms with E-state index in [4.69, 9.17) is 10.5 Å². The van der Waals surface area contributed by atoms with Crippen LogP contribution < -0.4 is 11.1 Å². The van der Waals surface area contributed by atoms with E-state index in [1.54, 1.807) is 0 Å². The first-order chi connectivity index (χ1) is 7.11. The van der Waals surface area contributed by atoms with E-state index in [0.29, 0.717) is 19.8 Å². The first kappa shape index (κ1) is 12.5. The number of ether oxygens (including phenoxy) is 1. The van der Waals surface area contributed by atoms with Crippen LogP contribution in [0.1, 0.15) is 33.1 Å². The van der Waals surface area contributed by atoms with Crippen LogP contribution >= 0.6 is 0 Å². The zero-order chi connectivity index (χ0) is 11.3. The maximum absolute atomic E-state index is 11.9. The molecular formula is C11H22N2O2. The van der Waals surface area contributed by atoms with Gasteiger partial charge in [-0.3, -0.25) is 4.79 Å². The summed E-state index contributed by atoms with van der Waals surface area (Å²) in [6, 6.07) is 0.00425. The Morgan fingerprint density at radius 3 is 2.93 bits per heavy atom. The normalized spacial score (nSPS) is 30.5. The average molecular weight is 214 g/mol. The van der Waals surface area contributed by atoms with Crippen LogP contribution in [0, 0.1) is 5.41 Å². The molecule has 0 heterocycles. The molecule has 4 heteroatoms. The molecule has 1 aliphatic carbocycles. The predicted octanol–water partition coefficient (Wildman–Crippen LogP) is 0.657. The van der Waals surface area contributed by atoms with Crippen LogP contribution in [0.4, 0.5) is 0 Å². The fraction of sp³-hybridized carbons (Fsp3) is 0.909. The predicted molar refractivity (Wildman–Crippen MR) is 59.4 cm³/mol. The second-order valence-electron chi connectivity index (χ2n) is 4.37. The SMILES string of the molecule is CCOCCNC(=O)C1(C)CCCC1N. The van der Waals surface area contributed by atoms with Gasteiger partial charge in [-0.15, -0.1) is 0 Å². The lowest BCUT2D eigenvalue weighted by atomic mass is 9.84. The molecule has 0 spiro atoms. The Labute approximate surface area is 91.5 Å². The quantitative estimate of drug-likeness (QED) is 0.661. The van der Waals surface area contributed by atoms with E-state index in [9.17, 15) is 4.79 Å². The molecule has 1 fully saturated rings. The molecule has 1 rings (SSSR count). The molecule has 0 bridgehead atoms. The lowest BCUT2D eigenvalue weighted by Gasteiger charge is -2.27. The van der Waals surface area contributed by atoms with Crippen molar-refractivity contribution in [2.24, 2.45) is 11.1 Å².